The van der Waals surface area contributed by atoms with Crippen molar-refractivity contribution >= 4 is 5.91 Å². The van der Waals surface area contributed by atoms with Crippen LogP contribution in [0.4, 0.5) is 0 Å². The third-order valence-corrected chi connectivity index (χ3v) is 1.62. The molecule has 1 aliphatic heterocycles. The lowest BCUT2D eigenvalue weighted by atomic mass is 10.3. The van der Waals surface area contributed by atoms with Gasteiger partial charge >= 0.3 is 0 Å². The minimum absolute atomic E-state index is 0.0984. The number of amides is 1. The fourth-order valence-corrected chi connectivity index (χ4v) is 1.05. The topological polar surface area (TPSA) is 58.4 Å². The first-order chi connectivity index (χ1) is 4.72. The maximum absolute atomic E-state index is 11.0. The zero-order chi connectivity index (χ0) is 7.56. The number of rotatable bonds is 1. The monoisotopic (exact) mass is 143 g/mol. The molecule has 0 aromatic heterocycles. The molecule has 4 heteroatoms. The first kappa shape index (κ1) is 7.50. The highest BCUT2D eigenvalue weighted by Gasteiger charge is 2.19. The molecule has 1 heterocycles. The molecule has 0 saturated carbocycles. The van der Waals surface area contributed by atoms with E-state index >= 15 is 0 Å². The molecule has 1 atom stereocenters. The van der Waals surface area contributed by atoms with Gasteiger partial charge in [-0.05, 0) is 6.92 Å². The predicted molar refractivity (Wildman–Crippen MR) is 38.2 cm³/mol. The van der Waals surface area contributed by atoms with Crippen LogP contribution < -0.4 is 11.1 Å². The minimum Gasteiger partial charge on any atom is -0.325 e. The van der Waals surface area contributed by atoms with Gasteiger partial charge in [-0.3, -0.25) is 4.79 Å². The highest BCUT2D eigenvalue weighted by atomic mass is 16.2. The van der Waals surface area contributed by atoms with E-state index in [9.17, 15) is 4.79 Å². The summed E-state index contributed by atoms with van der Waals surface area (Å²) in [7, 11) is 0. The zero-order valence-corrected chi connectivity index (χ0v) is 6.13. The van der Waals surface area contributed by atoms with E-state index in [1.54, 1.807) is 4.90 Å². The molecule has 0 bridgehead atoms. The quantitative estimate of drug-likeness (QED) is 0.481. The van der Waals surface area contributed by atoms with Crippen molar-refractivity contribution in [2.45, 2.75) is 13.1 Å². The van der Waals surface area contributed by atoms with Gasteiger partial charge in [0.1, 0.15) is 0 Å². The standard InChI is InChI=1S/C6H13N3O/c1-5(7)9-3-2-8-4-6(9)10/h5,8H,2-4,7H2,1H3. The predicted octanol–water partition coefficient (Wildman–Crippen LogP) is -1.28. The van der Waals surface area contributed by atoms with Crippen molar-refractivity contribution in [2.24, 2.45) is 5.73 Å². The Bertz CT molecular complexity index is 135. The van der Waals surface area contributed by atoms with Crippen molar-refractivity contribution in [2.75, 3.05) is 19.6 Å². The first-order valence-electron chi connectivity index (χ1n) is 3.47. The lowest BCUT2D eigenvalue weighted by Crippen LogP contribution is -2.54. The number of hydrogen-bond donors (Lipinski definition) is 2. The van der Waals surface area contributed by atoms with Gasteiger partial charge in [-0.2, -0.15) is 0 Å². The van der Waals surface area contributed by atoms with E-state index in [4.69, 9.17) is 5.73 Å². The van der Waals surface area contributed by atoms with E-state index in [-0.39, 0.29) is 12.1 Å². The molecule has 4 nitrogen and oxygen atoms in total. The summed E-state index contributed by atoms with van der Waals surface area (Å²) in [6, 6.07) is 0. The van der Waals surface area contributed by atoms with Crippen LogP contribution in [0.25, 0.3) is 0 Å². The van der Waals surface area contributed by atoms with Crippen molar-refractivity contribution in [3.05, 3.63) is 0 Å². The fraction of sp³-hybridized carbons (Fsp3) is 0.833. The maximum atomic E-state index is 11.0. The summed E-state index contributed by atoms with van der Waals surface area (Å²) in [5.74, 6) is 0.0984. The number of nitrogens with two attached hydrogens (primary N) is 1. The Morgan fingerprint density at radius 2 is 2.50 bits per heavy atom. The molecule has 1 aliphatic rings. The van der Waals surface area contributed by atoms with Crippen LogP contribution in [0.1, 0.15) is 6.92 Å². The third kappa shape index (κ3) is 1.46. The number of nitrogens with one attached hydrogen (secondary N) is 1. The number of carbonyl (C=O) groups excluding carboxylic acids is 1. The summed E-state index contributed by atoms with van der Waals surface area (Å²) >= 11 is 0. The number of carbonyl (C=O) groups is 1. The van der Waals surface area contributed by atoms with Gasteiger partial charge in [0, 0.05) is 13.1 Å². The van der Waals surface area contributed by atoms with Gasteiger partial charge in [0.05, 0.1) is 12.7 Å². The van der Waals surface area contributed by atoms with Gasteiger partial charge in [0.15, 0.2) is 0 Å². The van der Waals surface area contributed by atoms with Crippen LogP contribution >= 0.6 is 0 Å². The molecule has 0 radical (unpaired) electrons. The molecule has 58 valence electrons. The molecule has 3 N–H and O–H groups in total. The van der Waals surface area contributed by atoms with E-state index < -0.39 is 0 Å². The Morgan fingerprint density at radius 1 is 1.80 bits per heavy atom. The van der Waals surface area contributed by atoms with Crippen LogP contribution in [0.15, 0.2) is 0 Å². The summed E-state index contributed by atoms with van der Waals surface area (Å²) in [6.07, 6.45) is -0.144. The smallest absolute Gasteiger partial charge is 0.237 e. The van der Waals surface area contributed by atoms with Crippen LogP contribution in [0.5, 0.6) is 0 Å². The Kier molecular flexibility index (Phi) is 2.24. The Morgan fingerprint density at radius 3 is 2.90 bits per heavy atom. The molecular weight excluding hydrogens is 130 g/mol. The van der Waals surface area contributed by atoms with Gasteiger partial charge < -0.3 is 16.0 Å². The van der Waals surface area contributed by atoms with E-state index in [1.165, 1.54) is 0 Å². The molecule has 10 heavy (non-hydrogen) atoms. The average Bonchev–Trinajstić information content (AvgIpc) is 1.88. The molecule has 1 rings (SSSR count). The van der Waals surface area contributed by atoms with Gasteiger partial charge in [-0.25, -0.2) is 0 Å². The molecule has 1 fully saturated rings. The lowest BCUT2D eigenvalue weighted by molar-refractivity contribution is -0.133. The molecule has 0 spiro atoms. The average molecular weight is 143 g/mol. The second-order valence-corrected chi connectivity index (χ2v) is 2.50. The van der Waals surface area contributed by atoms with Crippen LogP contribution in [0.2, 0.25) is 0 Å². The highest BCUT2D eigenvalue weighted by Crippen LogP contribution is 1.96. The summed E-state index contributed by atoms with van der Waals surface area (Å²) in [5.41, 5.74) is 5.53. The number of nitrogens with zero attached hydrogens (tertiary/aromatic N) is 1. The van der Waals surface area contributed by atoms with Crippen LogP contribution in [-0.4, -0.2) is 36.6 Å². The van der Waals surface area contributed by atoms with Gasteiger partial charge in [0.2, 0.25) is 5.91 Å². The van der Waals surface area contributed by atoms with Crippen molar-refractivity contribution in [3.63, 3.8) is 0 Å². The van der Waals surface area contributed by atoms with Crippen molar-refractivity contribution < 1.29 is 4.79 Å². The van der Waals surface area contributed by atoms with E-state index in [0.29, 0.717) is 6.54 Å². The minimum atomic E-state index is -0.144. The maximum Gasteiger partial charge on any atom is 0.237 e. The molecule has 1 unspecified atom stereocenters. The van der Waals surface area contributed by atoms with Crippen LogP contribution in [0.3, 0.4) is 0 Å². The Balaban J connectivity index is 2.48. The highest BCUT2D eigenvalue weighted by molar-refractivity contribution is 5.79. The first-order valence-corrected chi connectivity index (χ1v) is 3.47. The Labute approximate surface area is 60.4 Å². The molecule has 1 saturated heterocycles. The van der Waals surface area contributed by atoms with Crippen LogP contribution in [-0.2, 0) is 4.79 Å². The Hall–Kier alpha value is -0.610. The van der Waals surface area contributed by atoms with Crippen molar-refractivity contribution in [1.29, 1.82) is 0 Å². The normalized spacial score (nSPS) is 23.0. The van der Waals surface area contributed by atoms with E-state index in [2.05, 4.69) is 5.32 Å². The van der Waals surface area contributed by atoms with Crippen LogP contribution in [0, 0.1) is 0 Å². The third-order valence-electron chi connectivity index (χ3n) is 1.62. The molecule has 0 aromatic carbocycles. The van der Waals surface area contributed by atoms with E-state index in [1.807, 2.05) is 6.92 Å². The van der Waals surface area contributed by atoms with Gasteiger partial charge in [-0.15, -0.1) is 0 Å². The molecular formula is C6H13N3O. The molecule has 1 amide bonds. The van der Waals surface area contributed by atoms with Crippen molar-refractivity contribution in [1.82, 2.24) is 10.2 Å². The summed E-state index contributed by atoms with van der Waals surface area (Å²) < 4.78 is 0. The second kappa shape index (κ2) is 2.98. The van der Waals surface area contributed by atoms with Crippen molar-refractivity contribution in [3.8, 4) is 0 Å². The second-order valence-electron chi connectivity index (χ2n) is 2.50. The molecule has 0 aromatic rings. The summed E-state index contributed by atoms with van der Waals surface area (Å²) in [6.45, 7) is 3.84. The fourth-order valence-electron chi connectivity index (χ4n) is 1.05. The van der Waals surface area contributed by atoms with Gasteiger partial charge in [0.25, 0.3) is 0 Å². The van der Waals surface area contributed by atoms with Gasteiger partial charge in [-0.1, -0.05) is 0 Å². The molecule has 0 aliphatic carbocycles. The SMILES string of the molecule is CC(N)N1CCNCC1=O. The number of piperazine rings is 1. The zero-order valence-electron chi connectivity index (χ0n) is 6.13. The van der Waals surface area contributed by atoms with E-state index in [0.717, 1.165) is 13.1 Å². The largest absolute Gasteiger partial charge is 0.325 e. The number of hydrogen-bond acceptors (Lipinski definition) is 3. The lowest BCUT2D eigenvalue weighted by Gasteiger charge is -2.30. The summed E-state index contributed by atoms with van der Waals surface area (Å²) in [5, 5.41) is 2.97. The summed E-state index contributed by atoms with van der Waals surface area (Å²) in [4.78, 5) is 12.7.